The first-order valence-electron chi connectivity index (χ1n) is 14.1. The molecule has 0 N–H and O–H groups in total. The third-order valence-electron chi connectivity index (χ3n) is 7.92. The lowest BCUT2D eigenvalue weighted by Crippen LogP contribution is -1.96. The van der Waals surface area contributed by atoms with Crippen LogP contribution in [0.4, 0.5) is 0 Å². The van der Waals surface area contributed by atoms with E-state index in [4.69, 9.17) is 14.4 Å². The molecule has 4 heteroatoms. The van der Waals surface area contributed by atoms with Gasteiger partial charge in [0.1, 0.15) is 11.2 Å². The van der Waals surface area contributed by atoms with Crippen molar-refractivity contribution >= 4 is 32.7 Å². The number of hydrogen-bond acceptors (Lipinski definition) is 4. The quantitative estimate of drug-likeness (QED) is 0.219. The zero-order chi connectivity index (χ0) is 28.8. The highest BCUT2D eigenvalue weighted by Crippen LogP contribution is 2.41. The first-order chi connectivity index (χ1) is 21.3. The van der Waals surface area contributed by atoms with E-state index in [0.717, 1.165) is 66.3 Å². The second kappa shape index (κ2) is 10.1. The second-order valence-corrected chi connectivity index (χ2v) is 10.5. The molecule has 0 saturated carbocycles. The molecule has 0 atom stereocenters. The largest absolute Gasteiger partial charge is 0.455 e. The predicted molar refractivity (Wildman–Crippen MR) is 173 cm³/mol. The van der Waals surface area contributed by atoms with E-state index in [-0.39, 0.29) is 0 Å². The maximum Gasteiger partial charge on any atom is 0.160 e. The van der Waals surface area contributed by atoms with Gasteiger partial charge in [0.15, 0.2) is 5.82 Å². The number of hydrogen-bond donors (Lipinski definition) is 0. The Morgan fingerprint density at radius 1 is 0.512 bits per heavy atom. The molecule has 0 aliphatic heterocycles. The third-order valence-corrected chi connectivity index (χ3v) is 7.92. The summed E-state index contributed by atoms with van der Waals surface area (Å²) in [6.07, 6.45) is 0. The van der Waals surface area contributed by atoms with Crippen LogP contribution in [0.3, 0.4) is 0 Å². The van der Waals surface area contributed by atoms with Crippen molar-refractivity contribution in [1.29, 1.82) is 5.26 Å². The molecule has 0 aliphatic carbocycles. The van der Waals surface area contributed by atoms with Crippen molar-refractivity contribution in [3.63, 3.8) is 0 Å². The molecule has 0 fully saturated rings. The molecule has 0 radical (unpaired) electrons. The summed E-state index contributed by atoms with van der Waals surface area (Å²) in [4.78, 5) is 9.99. The predicted octanol–water partition coefficient (Wildman–Crippen LogP) is 10.1. The number of furan rings is 1. The summed E-state index contributed by atoms with van der Waals surface area (Å²) in [7, 11) is 0. The summed E-state index contributed by atoms with van der Waals surface area (Å²) < 4.78 is 6.33. The molecule has 0 amide bonds. The Kier molecular flexibility index (Phi) is 5.80. The summed E-state index contributed by atoms with van der Waals surface area (Å²) >= 11 is 0. The fourth-order valence-corrected chi connectivity index (χ4v) is 5.89. The van der Waals surface area contributed by atoms with E-state index in [9.17, 15) is 5.26 Å². The minimum absolute atomic E-state index is 0.606. The molecular weight excluding hydrogens is 526 g/mol. The van der Waals surface area contributed by atoms with Gasteiger partial charge in [0, 0.05) is 32.8 Å². The molecule has 0 aliphatic rings. The average molecular weight is 550 g/mol. The zero-order valence-electron chi connectivity index (χ0n) is 23.0. The van der Waals surface area contributed by atoms with Gasteiger partial charge in [0.2, 0.25) is 0 Å². The van der Waals surface area contributed by atoms with Crippen LogP contribution in [0.2, 0.25) is 0 Å². The van der Waals surface area contributed by atoms with E-state index in [0.29, 0.717) is 17.0 Å². The van der Waals surface area contributed by atoms with Crippen molar-refractivity contribution < 1.29 is 4.42 Å². The minimum atomic E-state index is 0.606. The Morgan fingerprint density at radius 2 is 1.14 bits per heavy atom. The van der Waals surface area contributed by atoms with Crippen molar-refractivity contribution in [1.82, 2.24) is 9.97 Å². The van der Waals surface area contributed by atoms with E-state index < -0.39 is 0 Å². The summed E-state index contributed by atoms with van der Waals surface area (Å²) in [5.74, 6) is 0.683. The fraction of sp³-hybridized carbons (Fsp3) is 0. The highest BCUT2D eigenvalue weighted by Gasteiger charge is 2.18. The summed E-state index contributed by atoms with van der Waals surface area (Å²) in [5, 5.41) is 13.8. The van der Waals surface area contributed by atoms with Crippen LogP contribution < -0.4 is 0 Å². The third kappa shape index (κ3) is 4.23. The molecule has 6 aromatic carbocycles. The van der Waals surface area contributed by atoms with Crippen molar-refractivity contribution in [3.8, 4) is 51.1 Å². The van der Waals surface area contributed by atoms with Crippen molar-refractivity contribution in [2.75, 3.05) is 0 Å². The molecule has 200 valence electrons. The average Bonchev–Trinajstić information content (AvgIpc) is 3.48. The van der Waals surface area contributed by atoms with E-state index in [1.165, 1.54) is 0 Å². The van der Waals surface area contributed by atoms with E-state index in [1.54, 1.807) is 0 Å². The Bertz CT molecular complexity index is 2290. The van der Waals surface area contributed by atoms with Gasteiger partial charge in [-0.25, -0.2) is 9.97 Å². The first-order valence-corrected chi connectivity index (χ1v) is 14.1. The van der Waals surface area contributed by atoms with Crippen LogP contribution in [-0.2, 0) is 0 Å². The molecule has 8 aromatic rings. The molecule has 43 heavy (non-hydrogen) atoms. The van der Waals surface area contributed by atoms with Gasteiger partial charge in [-0.15, -0.1) is 0 Å². The van der Waals surface area contributed by atoms with Crippen LogP contribution >= 0.6 is 0 Å². The van der Waals surface area contributed by atoms with Crippen LogP contribution in [0.5, 0.6) is 0 Å². The van der Waals surface area contributed by atoms with Gasteiger partial charge in [0.25, 0.3) is 0 Å². The number of aromatic nitrogens is 2. The molecule has 0 unspecified atom stereocenters. The number of nitriles is 1. The Balaban J connectivity index is 1.35. The van der Waals surface area contributed by atoms with Gasteiger partial charge in [-0.05, 0) is 46.8 Å². The van der Waals surface area contributed by atoms with Gasteiger partial charge in [0.05, 0.1) is 23.0 Å². The SMILES string of the molecule is N#Cc1cccc2oc3c4ccccc4c(-c4cccc(-c5cc(-c6ccccc6)nc(-c6ccccc6)n5)c4)cc3c12. The van der Waals surface area contributed by atoms with Crippen LogP contribution in [-0.4, -0.2) is 9.97 Å². The van der Waals surface area contributed by atoms with Gasteiger partial charge in [-0.2, -0.15) is 5.26 Å². The Morgan fingerprint density at radius 3 is 1.91 bits per heavy atom. The maximum atomic E-state index is 9.88. The van der Waals surface area contributed by atoms with Crippen molar-refractivity contribution in [3.05, 3.63) is 145 Å². The monoisotopic (exact) mass is 549 g/mol. The smallest absolute Gasteiger partial charge is 0.160 e. The number of benzene rings is 6. The Labute approximate surface area is 248 Å². The molecule has 0 spiro atoms. The standard InChI is InChI=1S/C39H23N3O/c40-24-29-17-10-20-36-37(29)33-22-32(30-18-7-8-19-31(30)38(33)43-36)27-15-9-16-28(21-27)35-23-34(25-11-3-1-4-12-25)41-39(42-35)26-13-5-2-6-14-26/h1-23H. The highest BCUT2D eigenvalue weighted by atomic mass is 16.3. The molecule has 2 heterocycles. The molecule has 4 nitrogen and oxygen atoms in total. The number of nitrogens with zero attached hydrogens (tertiary/aromatic N) is 3. The van der Waals surface area contributed by atoms with E-state index in [1.807, 2.05) is 78.9 Å². The lowest BCUT2D eigenvalue weighted by molar-refractivity contribution is 0.672. The molecule has 0 bridgehead atoms. The van der Waals surface area contributed by atoms with E-state index >= 15 is 0 Å². The number of fused-ring (bicyclic) bond motifs is 5. The van der Waals surface area contributed by atoms with Crippen LogP contribution in [0.1, 0.15) is 5.56 Å². The summed E-state index contributed by atoms with van der Waals surface area (Å²) in [5.41, 5.74) is 8.96. The minimum Gasteiger partial charge on any atom is -0.455 e. The Hall–Kier alpha value is -6.05. The van der Waals surface area contributed by atoms with Gasteiger partial charge in [-0.3, -0.25) is 0 Å². The van der Waals surface area contributed by atoms with Crippen LogP contribution in [0.25, 0.3) is 77.7 Å². The van der Waals surface area contributed by atoms with Gasteiger partial charge in [-0.1, -0.05) is 109 Å². The normalized spacial score (nSPS) is 11.2. The molecular formula is C39H23N3O. The highest BCUT2D eigenvalue weighted by molar-refractivity contribution is 6.20. The van der Waals surface area contributed by atoms with E-state index in [2.05, 4.69) is 66.7 Å². The molecule has 8 rings (SSSR count). The number of rotatable bonds is 4. The first kappa shape index (κ1) is 24.7. The fourth-order valence-electron chi connectivity index (χ4n) is 5.89. The van der Waals surface area contributed by atoms with Crippen molar-refractivity contribution in [2.24, 2.45) is 0 Å². The molecule has 2 aromatic heterocycles. The van der Waals surface area contributed by atoms with Crippen molar-refractivity contribution in [2.45, 2.75) is 0 Å². The maximum absolute atomic E-state index is 9.88. The summed E-state index contributed by atoms with van der Waals surface area (Å²) in [6, 6.07) is 49.3. The topological polar surface area (TPSA) is 62.7 Å². The summed E-state index contributed by atoms with van der Waals surface area (Å²) in [6.45, 7) is 0. The second-order valence-electron chi connectivity index (χ2n) is 10.5. The lowest BCUT2D eigenvalue weighted by Gasteiger charge is -2.12. The van der Waals surface area contributed by atoms with Gasteiger partial charge < -0.3 is 4.42 Å². The lowest BCUT2D eigenvalue weighted by atomic mass is 9.93. The van der Waals surface area contributed by atoms with Crippen LogP contribution in [0.15, 0.2) is 144 Å². The van der Waals surface area contributed by atoms with Crippen LogP contribution in [0, 0.1) is 11.3 Å². The van der Waals surface area contributed by atoms with Gasteiger partial charge >= 0.3 is 0 Å². The zero-order valence-corrected chi connectivity index (χ0v) is 23.0. The molecule has 0 saturated heterocycles.